The Kier molecular flexibility index (Phi) is 20.3. The highest BCUT2D eigenvalue weighted by Crippen LogP contribution is 2.49. The van der Waals surface area contributed by atoms with Gasteiger partial charge in [0.2, 0.25) is 0 Å². The van der Waals surface area contributed by atoms with Crippen molar-refractivity contribution < 1.29 is 9.47 Å². The lowest BCUT2D eigenvalue weighted by Gasteiger charge is -2.09. The SMILES string of the molecule is CCCCCCCCCCCCOc1cc(Br)sc1-c1sc(Br)cc1OCCCCCCCCCCCC. The molecule has 0 bridgehead atoms. The van der Waals surface area contributed by atoms with Crippen molar-refractivity contribution in [3.8, 4) is 21.3 Å². The fourth-order valence-corrected chi connectivity index (χ4v) is 7.95. The number of unbranched alkanes of at least 4 members (excludes halogenated alkanes) is 18. The van der Waals surface area contributed by atoms with Gasteiger partial charge in [0.05, 0.1) is 30.5 Å². The summed E-state index contributed by atoms with van der Waals surface area (Å²) in [6.45, 7) is 6.14. The second kappa shape index (κ2) is 22.6. The predicted molar refractivity (Wildman–Crippen MR) is 178 cm³/mol. The number of ether oxygens (including phenoxy) is 2. The van der Waals surface area contributed by atoms with Crippen molar-refractivity contribution in [2.24, 2.45) is 0 Å². The van der Waals surface area contributed by atoms with Crippen LogP contribution in [-0.4, -0.2) is 13.2 Å². The lowest BCUT2D eigenvalue weighted by molar-refractivity contribution is 0.302. The third-order valence-corrected chi connectivity index (χ3v) is 10.5. The number of rotatable bonds is 25. The molecule has 38 heavy (non-hydrogen) atoms. The van der Waals surface area contributed by atoms with Gasteiger partial charge in [-0.2, -0.15) is 0 Å². The Balaban J connectivity index is 1.67. The van der Waals surface area contributed by atoms with E-state index < -0.39 is 0 Å². The maximum absolute atomic E-state index is 6.28. The molecule has 2 aromatic rings. The van der Waals surface area contributed by atoms with Crippen LogP contribution in [0.1, 0.15) is 142 Å². The maximum Gasteiger partial charge on any atom is 0.140 e. The highest BCUT2D eigenvalue weighted by molar-refractivity contribution is 9.11. The van der Waals surface area contributed by atoms with Crippen LogP contribution in [0.2, 0.25) is 0 Å². The molecule has 0 atom stereocenters. The number of hydrogen-bond donors (Lipinski definition) is 0. The average Bonchev–Trinajstić information content (AvgIpc) is 3.46. The van der Waals surface area contributed by atoms with Gasteiger partial charge in [0.15, 0.2) is 0 Å². The summed E-state index contributed by atoms with van der Waals surface area (Å²) in [7, 11) is 0. The second-order valence-electron chi connectivity index (χ2n) is 10.5. The van der Waals surface area contributed by atoms with E-state index in [2.05, 4.69) is 57.8 Å². The Morgan fingerprint density at radius 1 is 0.474 bits per heavy atom. The molecule has 0 aliphatic heterocycles. The van der Waals surface area contributed by atoms with Crippen molar-refractivity contribution in [1.29, 1.82) is 0 Å². The van der Waals surface area contributed by atoms with E-state index >= 15 is 0 Å². The molecule has 0 saturated carbocycles. The molecule has 6 heteroatoms. The summed E-state index contributed by atoms with van der Waals surface area (Å²) in [5.41, 5.74) is 0. The zero-order valence-electron chi connectivity index (χ0n) is 24.1. The first-order valence-corrected chi connectivity index (χ1v) is 18.7. The van der Waals surface area contributed by atoms with Gasteiger partial charge in [-0.25, -0.2) is 0 Å². The van der Waals surface area contributed by atoms with Crippen LogP contribution in [0, 0.1) is 0 Å². The summed E-state index contributed by atoms with van der Waals surface area (Å²) in [6.07, 6.45) is 26.8. The highest BCUT2D eigenvalue weighted by Gasteiger charge is 2.19. The standard InChI is InChI=1S/C32H52Br2O2S2/c1-3-5-7-9-11-13-15-17-19-21-23-35-27-25-29(33)37-31(27)32-28(26-30(34)38-32)36-24-22-20-18-16-14-12-10-8-6-4-2/h25-26H,3-24H2,1-2H3. The average molecular weight is 693 g/mol. The third-order valence-electron chi connectivity index (χ3n) is 7.05. The molecule has 0 saturated heterocycles. The van der Waals surface area contributed by atoms with E-state index in [-0.39, 0.29) is 0 Å². The van der Waals surface area contributed by atoms with Crippen LogP contribution < -0.4 is 9.47 Å². The van der Waals surface area contributed by atoms with Crippen molar-refractivity contribution >= 4 is 54.5 Å². The minimum Gasteiger partial charge on any atom is -0.492 e. The van der Waals surface area contributed by atoms with Crippen LogP contribution in [-0.2, 0) is 0 Å². The molecule has 2 aromatic heterocycles. The van der Waals surface area contributed by atoms with Gasteiger partial charge < -0.3 is 9.47 Å². The zero-order chi connectivity index (χ0) is 27.3. The molecule has 0 unspecified atom stereocenters. The first-order chi connectivity index (χ1) is 18.7. The van der Waals surface area contributed by atoms with Crippen LogP contribution >= 0.6 is 54.5 Å². The van der Waals surface area contributed by atoms with Crippen molar-refractivity contribution in [2.45, 2.75) is 142 Å². The van der Waals surface area contributed by atoms with E-state index in [1.165, 1.54) is 125 Å². The number of hydrogen-bond acceptors (Lipinski definition) is 4. The predicted octanol–water partition coefficient (Wildman–Crippen LogP) is 13.6. The van der Waals surface area contributed by atoms with Gasteiger partial charge in [-0.1, -0.05) is 129 Å². The molecule has 0 aromatic carbocycles. The first-order valence-electron chi connectivity index (χ1n) is 15.5. The molecule has 0 spiro atoms. The maximum atomic E-state index is 6.28. The normalized spacial score (nSPS) is 11.4. The van der Waals surface area contributed by atoms with E-state index in [9.17, 15) is 0 Å². The zero-order valence-corrected chi connectivity index (χ0v) is 28.9. The topological polar surface area (TPSA) is 18.5 Å². The molecule has 0 radical (unpaired) electrons. The Morgan fingerprint density at radius 3 is 1.08 bits per heavy atom. The highest BCUT2D eigenvalue weighted by atomic mass is 79.9. The van der Waals surface area contributed by atoms with E-state index in [0.29, 0.717) is 0 Å². The fourth-order valence-electron chi connectivity index (χ4n) is 4.77. The van der Waals surface area contributed by atoms with Crippen LogP contribution in [0.3, 0.4) is 0 Å². The quantitative estimate of drug-likeness (QED) is 0.0965. The Bertz CT molecular complexity index is 765. The molecule has 0 fully saturated rings. The van der Waals surface area contributed by atoms with Gasteiger partial charge in [-0.05, 0) is 44.7 Å². The molecule has 0 aliphatic rings. The van der Waals surface area contributed by atoms with Gasteiger partial charge in [-0.3, -0.25) is 0 Å². The minimum absolute atomic E-state index is 0.786. The molecule has 218 valence electrons. The van der Waals surface area contributed by atoms with E-state index in [1.807, 2.05) is 0 Å². The van der Waals surface area contributed by atoms with Crippen molar-refractivity contribution in [3.63, 3.8) is 0 Å². The van der Waals surface area contributed by atoms with Crippen LogP contribution in [0.25, 0.3) is 9.75 Å². The largest absolute Gasteiger partial charge is 0.492 e. The first kappa shape index (κ1) is 34.2. The summed E-state index contributed by atoms with van der Waals surface area (Å²) < 4.78 is 14.8. The lowest BCUT2D eigenvalue weighted by Crippen LogP contribution is -1.99. The van der Waals surface area contributed by atoms with E-state index in [4.69, 9.17) is 9.47 Å². The van der Waals surface area contributed by atoms with E-state index in [1.54, 1.807) is 22.7 Å². The molecule has 2 heterocycles. The van der Waals surface area contributed by atoms with Gasteiger partial charge >= 0.3 is 0 Å². The Labute approximate surface area is 258 Å². The van der Waals surface area contributed by atoms with Gasteiger partial charge in [-0.15, -0.1) is 22.7 Å². The lowest BCUT2D eigenvalue weighted by atomic mass is 10.1. The van der Waals surface area contributed by atoms with Crippen molar-refractivity contribution in [3.05, 3.63) is 19.7 Å². The monoisotopic (exact) mass is 690 g/mol. The molecular formula is C32H52Br2O2S2. The van der Waals surface area contributed by atoms with Crippen molar-refractivity contribution in [1.82, 2.24) is 0 Å². The van der Waals surface area contributed by atoms with Crippen molar-refractivity contribution in [2.75, 3.05) is 13.2 Å². The summed E-state index contributed by atoms with van der Waals surface area (Å²) in [5, 5.41) is 0. The van der Waals surface area contributed by atoms with Gasteiger partial charge in [0.1, 0.15) is 11.5 Å². The molecule has 0 aliphatic carbocycles. The Hall–Kier alpha value is -0.0400. The molecule has 2 nitrogen and oxygen atoms in total. The molecule has 0 N–H and O–H groups in total. The summed E-state index contributed by atoms with van der Waals surface area (Å²) in [5.74, 6) is 1.96. The summed E-state index contributed by atoms with van der Waals surface area (Å²) in [4.78, 5) is 2.36. The minimum atomic E-state index is 0.786. The fraction of sp³-hybridized carbons (Fsp3) is 0.750. The summed E-state index contributed by atoms with van der Waals surface area (Å²) in [6, 6.07) is 4.24. The summed E-state index contributed by atoms with van der Waals surface area (Å²) >= 11 is 10.9. The van der Waals surface area contributed by atoms with Crippen LogP contribution in [0.5, 0.6) is 11.5 Å². The number of thiophene rings is 2. The molecule has 0 amide bonds. The Morgan fingerprint density at radius 2 is 0.763 bits per heavy atom. The number of halogens is 2. The molecular weight excluding hydrogens is 640 g/mol. The molecule has 2 rings (SSSR count). The third kappa shape index (κ3) is 15.1. The van der Waals surface area contributed by atoms with Gasteiger partial charge in [0.25, 0.3) is 0 Å². The van der Waals surface area contributed by atoms with Gasteiger partial charge in [0, 0.05) is 12.1 Å². The smallest absolute Gasteiger partial charge is 0.140 e. The second-order valence-corrected chi connectivity index (χ2v) is 15.4. The van der Waals surface area contributed by atoms with Crippen LogP contribution in [0.4, 0.5) is 0 Å². The van der Waals surface area contributed by atoms with E-state index in [0.717, 1.165) is 45.1 Å². The van der Waals surface area contributed by atoms with Crippen LogP contribution in [0.15, 0.2) is 19.7 Å².